The fourth-order valence-corrected chi connectivity index (χ4v) is 2.63. The number of anilines is 1. The molecule has 0 aliphatic carbocycles. The second kappa shape index (κ2) is 6.05. The second-order valence-corrected chi connectivity index (χ2v) is 5.51. The summed E-state index contributed by atoms with van der Waals surface area (Å²) < 4.78 is 18.7. The Labute approximate surface area is 121 Å². The van der Waals surface area contributed by atoms with Gasteiger partial charge in [0, 0.05) is 17.8 Å². The lowest BCUT2D eigenvalue weighted by molar-refractivity contribution is 0.0984. The number of methoxy groups -OCH3 is 1. The molecule has 0 unspecified atom stereocenters. The number of carbonyl (C=O) groups is 1. The van der Waals surface area contributed by atoms with Gasteiger partial charge < -0.3 is 9.64 Å². The monoisotopic (exact) mass is 293 g/mol. The Kier molecular flexibility index (Phi) is 4.39. The van der Waals surface area contributed by atoms with Crippen LogP contribution in [0.5, 0.6) is 5.75 Å². The lowest BCUT2D eigenvalue weighted by atomic mass is 10.2. The summed E-state index contributed by atoms with van der Waals surface area (Å²) in [5.41, 5.74) is 0.525. The van der Waals surface area contributed by atoms with Gasteiger partial charge in [-0.2, -0.15) is 0 Å². The first kappa shape index (κ1) is 14.5. The number of ether oxygens (including phenoxy) is 1. The van der Waals surface area contributed by atoms with E-state index in [1.54, 1.807) is 17.0 Å². The third kappa shape index (κ3) is 2.82. The molecule has 0 aliphatic rings. The number of thiophene rings is 1. The number of benzene rings is 1. The Hall–Kier alpha value is -1.88. The molecule has 1 aromatic carbocycles. The number of hydrogen-bond donors (Lipinski definition) is 0. The van der Waals surface area contributed by atoms with Gasteiger partial charge >= 0.3 is 0 Å². The van der Waals surface area contributed by atoms with Gasteiger partial charge in [0.15, 0.2) is 11.6 Å². The molecule has 5 heteroatoms. The molecule has 3 nitrogen and oxygen atoms in total. The van der Waals surface area contributed by atoms with Crippen LogP contribution in [0.2, 0.25) is 0 Å². The van der Waals surface area contributed by atoms with Crippen LogP contribution < -0.4 is 9.64 Å². The minimum atomic E-state index is -0.477. The van der Waals surface area contributed by atoms with E-state index in [0.29, 0.717) is 10.6 Å². The van der Waals surface area contributed by atoms with Gasteiger partial charge in [0.25, 0.3) is 5.91 Å². The van der Waals surface area contributed by atoms with Crippen LogP contribution in [0.15, 0.2) is 35.7 Å². The van der Waals surface area contributed by atoms with Crippen LogP contribution in [0.25, 0.3) is 0 Å². The average molecular weight is 293 g/mol. The zero-order valence-corrected chi connectivity index (χ0v) is 12.4. The number of carbonyl (C=O) groups excluding carboxylic acids is 1. The first-order valence-electron chi connectivity index (χ1n) is 6.25. The lowest BCUT2D eigenvalue weighted by Crippen LogP contribution is -2.36. The second-order valence-electron chi connectivity index (χ2n) is 4.57. The summed E-state index contributed by atoms with van der Waals surface area (Å²) in [4.78, 5) is 14.7. The molecule has 1 heterocycles. The van der Waals surface area contributed by atoms with E-state index in [4.69, 9.17) is 4.74 Å². The van der Waals surface area contributed by atoms with Gasteiger partial charge in [0.2, 0.25) is 0 Å². The zero-order valence-electron chi connectivity index (χ0n) is 11.6. The molecule has 1 amide bonds. The Balaban J connectivity index is 2.39. The highest BCUT2D eigenvalue weighted by Crippen LogP contribution is 2.27. The van der Waals surface area contributed by atoms with Gasteiger partial charge in [-0.15, -0.1) is 11.3 Å². The van der Waals surface area contributed by atoms with Gasteiger partial charge in [0.1, 0.15) is 0 Å². The van der Waals surface area contributed by atoms with E-state index in [2.05, 4.69) is 0 Å². The van der Waals surface area contributed by atoms with Crippen LogP contribution in [0.3, 0.4) is 0 Å². The van der Waals surface area contributed by atoms with Crippen molar-refractivity contribution in [3.05, 3.63) is 46.4 Å². The van der Waals surface area contributed by atoms with Crippen molar-refractivity contribution in [1.29, 1.82) is 0 Å². The Morgan fingerprint density at radius 2 is 2.10 bits per heavy atom. The summed E-state index contributed by atoms with van der Waals surface area (Å²) in [7, 11) is 1.41. The molecule has 0 saturated heterocycles. The van der Waals surface area contributed by atoms with Crippen molar-refractivity contribution in [2.24, 2.45) is 0 Å². The molecule has 20 heavy (non-hydrogen) atoms. The molecule has 0 spiro atoms. The van der Waals surface area contributed by atoms with Crippen LogP contribution in [-0.2, 0) is 0 Å². The molecule has 1 aromatic heterocycles. The SMILES string of the molecule is COc1ccc(N(C(=O)c2cccs2)C(C)C)cc1F. The summed E-state index contributed by atoms with van der Waals surface area (Å²) in [6.45, 7) is 3.79. The molecule has 0 aliphatic heterocycles. The van der Waals surface area contributed by atoms with Gasteiger partial charge in [-0.3, -0.25) is 4.79 Å². The van der Waals surface area contributed by atoms with Gasteiger partial charge in [-0.05, 0) is 37.4 Å². The topological polar surface area (TPSA) is 29.5 Å². The Bertz CT molecular complexity index is 596. The van der Waals surface area contributed by atoms with Gasteiger partial charge in [-0.25, -0.2) is 4.39 Å². The fraction of sp³-hybridized carbons (Fsp3) is 0.267. The maximum atomic E-state index is 13.8. The normalized spacial score (nSPS) is 10.7. The average Bonchev–Trinajstić information content (AvgIpc) is 2.92. The summed E-state index contributed by atoms with van der Waals surface area (Å²) >= 11 is 1.37. The van der Waals surface area contributed by atoms with Crippen molar-refractivity contribution in [1.82, 2.24) is 0 Å². The van der Waals surface area contributed by atoms with Crippen molar-refractivity contribution >= 4 is 22.9 Å². The third-order valence-corrected chi connectivity index (χ3v) is 3.74. The molecule has 2 aromatic rings. The van der Waals surface area contributed by atoms with E-state index >= 15 is 0 Å². The molecule has 0 radical (unpaired) electrons. The molecule has 0 fully saturated rings. The summed E-state index contributed by atoms with van der Waals surface area (Å²) in [6.07, 6.45) is 0. The van der Waals surface area contributed by atoms with Crippen LogP contribution >= 0.6 is 11.3 Å². The summed E-state index contributed by atoms with van der Waals surface area (Å²) in [5.74, 6) is -0.435. The van der Waals surface area contributed by atoms with E-state index in [1.807, 2.05) is 25.3 Å². The number of hydrogen-bond acceptors (Lipinski definition) is 3. The van der Waals surface area contributed by atoms with E-state index in [0.717, 1.165) is 0 Å². The summed E-state index contributed by atoms with van der Waals surface area (Å²) in [5, 5.41) is 1.85. The minimum Gasteiger partial charge on any atom is -0.494 e. The standard InChI is InChI=1S/C15H16FNO2S/c1-10(2)17(15(18)14-5-4-8-20-14)11-6-7-13(19-3)12(16)9-11/h4-10H,1-3H3. The van der Waals surface area contributed by atoms with Crippen molar-refractivity contribution in [2.45, 2.75) is 19.9 Å². The lowest BCUT2D eigenvalue weighted by Gasteiger charge is -2.26. The quantitative estimate of drug-likeness (QED) is 0.854. The zero-order chi connectivity index (χ0) is 14.7. The minimum absolute atomic E-state index is 0.0719. The van der Waals surface area contributed by atoms with Crippen molar-refractivity contribution < 1.29 is 13.9 Å². The maximum Gasteiger partial charge on any atom is 0.268 e. The molecule has 2 rings (SSSR count). The highest BCUT2D eigenvalue weighted by atomic mass is 32.1. The molecule has 0 saturated carbocycles. The van der Waals surface area contributed by atoms with E-state index < -0.39 is 5.82 Å². The highest BCUT2D eigenvalue weighted by molar-refractivity contribution is 7.12. The first-order valence-corrected chi connectivity index (χ1v) is 7.13. The van der Waals surface area contributed by atoms with Crippen LogP contribution in [-0.4, -0.2) is 19.1 Å². The van der Waals surface area contributed by atoms with Gasteiger partial charge in [-0.1, -0.05) is 6.07 Å². The predicted octanol–water partition coefficient (Wildman–Crippen LogP) is 3.95. The number of nitrogens with zero attached hydrogens (tertiary/aromatic N) is 1. The van der Waals surface area contributed by atoms with Crippen molar-refractivity contribution in [3.63, 3.8) is 0 Å². The van der Waals surface area contributed by atoms with Crippen molar-refractivity contribution in [2.75, 3.05) is 12.0 Å². The largest absolute Gasteiger partial charge is 0.494 e. The predicted molar refractivity (Wildman–Crippen MR) is 79.2 cm³/mol. The third-order valence-electron chi connectivity index (χ3n) is 2.88. The molecule has 0 N–H and O–H groups in total. The first-order chi connectivity index (χ1) is 9.54. The molecule has 106 valence electrons. The Morgan fingerprint density at radius 3 is 2.60 bits per heavy atom. The molecular formula is C15H16FNO2S. The van der Waals surface area contributed by atoms with Crippen molar-refractivity contribution in [3.8, 4) is 5.75 Å². The number of amides is 1. The molecular weight excluding hydrogens is 277 g/mol. The van der Waals surface area contributed by atoms with E-state index in [-0.39, 0.29) is 17.7 Å². The molecule has 0 bridgehead atoms. The highest BCUT2D eigenvalue weighted by Gasteiger charge is 2.22. The number of halogens is 1. The summed E-state index contributed by atoms with van der Waals surface area (Å²) in [6, 6.07) is 8.06. The van der Waals surface area contributed by atoms with E-state index in [1.165, 1.54) is 30.6 Å². The molecule has 0 atom stereocenters. The maximum absolute atomic E-state index is 13.8. The fourth-order valence-electron chi connectivity index (χ4n) is 1.97. The smallest absolute Gasteiger partial charge is 0.268 e. The van der Waals surface area contributed by atoms with E-state index in [9.17, 15) is 9.18 Å². The van der Waals surface area contributed by atoms with Crippen LogP contribution in [0.1, 0.15) is 23.5 Å². The van der Waals surface area contributed by atoms with Gasteiger partial charge in [0.05, 0.1) is 12.0 Å². The van der Waals surface area contributed by atoms with Crippen LogP contribution in [0.4, 0.5) is 10.1 Å². The number of rotatable bonds is 4. The van der Waals surface area contributed by atoms with Crippen LogP contribution in [0, 0.1) is 5.82 Å². The Morgan fingerprint density at radius 1 is 1.35 bits per heavy atom.